The molecule has 2 aromatic carbocycles. The molecule has 148 valence electrons. The molecule has 0 radical (unpaired) electrons. The lowest BCUT2D eigenvalue weighted by atomic mass is 10.1. The Hall–Kier alpha value is -3.13. The molecule has 2 heterocycles. The fourth-order valence-corrected chi connectivity index (χ4v) is 3.77. The summed E-state index contributed by atoms with van der Waals surface area (Å²) >= 11 is 1.19. The van der Waals surface area contributed by atoms with Gasteiger partial charge in [-0.05, 0) is 24.6 Å². The molecule has 4 rings (SSSR count). The molecule has 0 aliphatic rings. The largest absolute Gasteiger partial charge is 0.493 e. The maximum Gasteiger partial charge on any atom is 0.230 e. The second kappa shape index (κ2) is 8.08. The smallest absolute Gasteiger partial charge is 0.230 e. The Bertz CT molecular complexity index is 1200. The molecule has 29 heavy (non-hydrogen) atoms. The zero-order chi connectivity index (χ0) is 20.4. The minimum absolute atomic E-state index is 0.0600. The van der Waals surface area contributed by atoms with Crippen LogP contribution in [0.25, 0.3) is 22.2 Å². The molecule has 0 spiro atoms. The van der Waals surface area contributed by atoms with Gasteiger partial charge in [-0.15, -0.1) is 21.6 Å². The normalized spacial score (nSPS) is 11.7. The van der Waals surface area contributed by atoms with Crippen LogP contribution in [-0.4, -0.2) is 14.7 Å². The van der Waals surface area contributed by atoms with Crippen LogP contribution in [0.4, 0.5) is 19.6 Å². The van der Waals surface area contributed by atoms with Crippen LogP contribution < -0.4 is 0 Å². The maximum absolute atomic E-state index is 14.0. The van der Waals surface area contributed by atoms with Crippen molar-refractivity contribution in [3.05, 3.63) is 59.5 Å². The Morgan fingerprint density at radius 2 is 1.97 bits per heavy atom. The number of hydrogen-bond donors (Lipinski definition) is 1. The van der Waals surface area contributed by atoms with E-state index in [1.807, 2.05) is 28.8 Å². The summed E-state index contributed by atoms with van der Waals surface area (Å²) in [5.74, 6) is -1.27. The van der Waals surface area contributed by atoms with Gasteiger partial charge in [-0.1, -0.05) is 31.5 Å². The molecule has 0 saturated heterocycles. The highest BCUT2D eigenvalue weighted by molar-refractivity contribution is 7.13. The summed E-state index contributed by atoms with van der Waals surface area (Å²) in [6.07, 6.45) is 1.94. The number of para-hydroxylation sites is 1. The van der Waals surface area contributed by atoms with Crippen molar-refractivity contribution in [3.8, 4) is 17.1 Å². The molecule has 0 aliphatic carbocycles. The number of nitrogens with zero attached hydrogens (tertiary/aromatic N) is 4. The van der Waals surface area contributed by atoms with Crippen LogP contribution >= 0.6 is 11.3 Å². The van der Waals surface area contributed by atoms with Gasteiger partial charge in [-0.25, -0.2) is 13.8 Å². The molecule has 0 unspecified atom stereocenters. The van der Waals surface area contributed by atoms with E-state index in [1.165, 1.54) is 23.5 Å². The van der Waals surface area contributed by atoms with Crippen molar-refractivity contribution in [1.29, 1.82) is 0 Å². The van der Waals surface area contributed by atoms with Crippen molar-refractivity contribution in [1.82, 2.24) is 9.55 Å². The van der Waals surface area contributed by atoms with Crippen molar-refractivity contribution in [2.75, 3.05) is 0 Å². The summed E-state index contributed by atoms with van der Waals surface area (Å²) in [6, 6.07) is 10.9. The molecule has 0 saturated carbocycles. The van der Waals surface area contributed by atoms with E-state index in [0.717, 1.165) is 29.8 Å². The summed E-state index contributed by atoms with van der Waals surface area (Å²) in [6.45, 7) is 2.77. The van der Waals surface area contributed by atoms with E-state index in [9.17, 15) is 13.9 Å². The Balaban J connectivity index is 1.67. The first kappa shape index (κ1) is 19.2. The molecule has 5 nitrogen and oxygen atoms in total. The van der Waals surface area contributed by atoms with Crippen LogP contribution in [0.2, 0.25) is 0 Å². The number of fused-ring (bicyclic) bond motifs is 1. The molecule has 0 bridgehead atoms. The summed E-state index contributed by atoms with van der Waals surface area (Å²) in [4.78, 5) is 4.26. The standard InChI is InChI=1S/C21H18F2N4OS/c1-2-3-10-27-18-7-5-4-6-15(18)19(20(27)28)25-26-21-24-17(12-29-21)14-9-8-13(22)11-16(14)23/h4-9,11-12,28H,2-3,10H2,1H3. The highest BCUT2D eigenvalue weighted by atomic mass is 32.1. The number of aryl methyl sites for hydroxylation is 1. The Labute approximate surface area is 170 Å². The minimum Gasteiger partial charge on any atom is -0.493 e. The van der Waals surface area contributed by atoms with Crippen LogP contribution in [-0.2, 0) is 6.54 Å². The predicted octanol–water partition coefficient (Wildman–Crippen LogP) is 6.96. The van der Waals surface area contributed by atoms with E-state index in [2.05, 4.69) is 22.1 Å². The van der Waals surface area contributed by atoms with E-state index in [-0.39, 0.29) is 11.4 Å². The van der Waals surface area contributed by atoms with Gasteiger partial charge in [0.05, 0.1) is 11.2 Å². The number of halogens is 2. The molecular formula is C21H18F2N4OS. The van der Waals surface area contributed by atoms with Crippen molar-refractivity contribution in [3.63, 3.8) is 0 Å². The fourth-order valence-electron chi connectivity index (χ4n) is 3.14. The number of hydrogen-bond acceptors (Lipinski definition) is 5. The van der Waals surface area contributed by atoms with E-state index >= 15 is 0 Å². The highest BCUT2D eigenvalue weighted by Gasteiger charge is 2.16. The zero-order valence-corrected chi connectivity index (χ0v) is 16.5. The summed E-state index contributed by atoms with van der Waals surface area (Å²) in [7, 11) is 0. The lowest BCUT2D eigenvalue weighted by Crippen LogP contribution is -1.96. The minimum atomic E-state index is -0.685. The molecule has 0 aliphatic heterocycles. The monoisotopic (exact) mass is 412 g/mol. The van der Waals surface area contributed by atoms with E-state index in [1.54, 1.807) is 5.38 Å². The van der Waals surface area contributed by atoms with Gasteiger partial charge >= 0.3 is 0 Å². The van der Waals surface area contributed by atoms with E-state index < -0.39 is 11.6 Å². The number of aromatic nitrogens is 2. The van der Waals surface area contributed by atoms with Crippen molar-refractivity contribution in [2.45, 2.75) is 26.3 Å². The predicted molar refractivity (Wildman–Crippen MR) is 110 cm³/mol. The molecule has 0 fully saturated rings. The molecule has 0 amide bonds. The Morgan fingerprint density at radius 3 is 2.76 bits per heavy atom. The lowest BCUT2D eigenvalue weighted by Gasteiger charge is -2.05. The topological polar surface area (TPSA) is 62.8 Å². The number of azo groups is 1. The average Bonchev–Trinajstić information content (AvgIpc) is 3.27. The molecule has 1 N–H and O–H groups in total. The summed E-state index contributed by atoms with van der Waals surface area (Å²) in [5.41, 5.74) is 1.82. The van der Waals surface area contributed by atoms with Gasteiger partial charge in [0.2, 0.25) is 11.0 Å². The molecule has 0 atom stereocenters. The third-order valence-corrected chi connectivity index (χ3v) is 5.31. The lowest BCUT2D eigenvalue weighted by molar-refractivity contribution is 0.418. The number of rotatable bonds is 6. The Kier molecular flexibility index (Phi) is 5.35. The molecule has 4 aromatic rings. The first-order chi connectivity index (χ1) is 14.1. The molecule has 2 aromatic heterocycles. The third kappa shape index (κ3) is 3.75. The summed E-state index contributed by atoms with van der Waals surface area (Å²) in [5, 5.41) is 21.8. The number of benzene rings is 2. The maximum atomic E-state index is 14.0. The SMILES string of the molecule is CCCCn1c(O)c(N=Nc2nc(-c3ccc(F)cc3F)cs2)c2ccccc21. The highest BCUT2D eigenvalue weighted by Crippen LogP contribution is 2.40. The van der Waals surface area contributed by atoms with Crippen LogP contribution in [0.1, 0.15) is 19.8 Å². The summed E-state index contributed by atoms with van der Waals surface area (Å²) < 4.78 is 28.9. The zero-order valence-electron chi connectivity index (χ0n) is 15.6. The van der Waals surface area contributed by atoms with Crippen molar-refractivity contribution in [2.24, 2.45) is 10.2 Å². The van der Waals surface area contributed by atoms with E-state index in [0.29, 0.717) is 23.1 Å². The van der Waals surface area contributed by atoms with Crippen LogP contribution in [0.3, 0.4) is 0 Å². The van der Waals surface area contributed by atoms with Gasteiger partial charge in [0.25, 0.3) is 0 Å². The quantitative estimate of drug-likeness (QED) is 0.348. The Morgan fingerprint density at radius 1 is 1.14 bits per heavy atom. The number of unbranched alkanes of at least 4 members (excludes halogenated alkanes) is 1. The second-order valence-electron chi connectivity index (χ2n) is 6.53. The van der Waals surface area contributed by atoms with Crippen molar-refractivity contribution < 1.29 is 13.9 Å². The van der Waals surface area contributed by atoms with Gasteiger partial charge in [0, 0.05) is 28.9 Å². The van der Waals surface area contributed by atoms with Gasteiger partial charge in [0.1, 0.15) is 11.6 Å². The molecular weight excluding hydrogens is 394 g/mol. The van der Waals surface area contributed by atoms with Crippen LogP contribution in [0, 0.1) is 11.6 Å². The van der Waals surface area contributed by atoms with Gasteiger partial charge in [-0.3, -0.25) is 0 Å². The van der Waals surface area contributed by atoms with Gasteiger partial charge in [0.15, 0.2) is 5.69 Å². The van der Waals surface area contributed by atoms with Gasteiger partial charge in [-0.2, -0.15) is 0 Å². The fraction of sp³-hybridized carbons (Fsp3) is 0.190. The molecule has 8 heteroatoms. The van der Waals surface area contributed by atoms with Gasteiger partial charge < -0.3 is 9.67 Å². The second-order valence-corrected chi connectivity index (χ2v) is 7.37. The number of aromatic hydroxyl groups is 1. The van der Waals surface area contributed by atoms with E-state index in [4.69, 9.17) is 0 Å². The third-order valence-electron chi connectivity index (χ3n) is 4.59. The van der Waals surface area contributed by atoms with Crippen LogP contribution in [0.15, 0.2) is 58.1 Å². The first-order valence-electron chi connectivity index (χ1n) is 9.21. The van der Waals surface area contributed by atoms with Crippen molar-refractivity contribution >= 4 is 33.1 Å². The average molecular weight is 412 g/mol. The first-order valence-corrected chi connectivity index (χ1v) is 10.1. The number of thiazole rings is 1. The van der Waals surface area contributed by atoms with Crippen LogP contribution in [0.5, 0.6) is 5.88 Å².